The second-order valence-electron chi connectivity index (χ2n) is 7.07. The number of hydrogen-bond donors (Lipinski definition) is 1. The molecule has 0 aliphatic carbocycles. The minimum absolute atomic E-state index is 0.00997. The fourth-order valence-corrected chi connectivity index (χ4v) is 3.70. The Morgan fingerprint density at radius 3 is 2.55 bits per heavy atom. The molecular weight excluding hydrogens is 386 g/mol. The van der Waals surface area contributed by atoms with Crippen molar-refractivity contribution in [3.63, 3.8) is 0 Å². The van der Waals surface area contributed by atoms with Crippen LogP contribution in [0.4, 0.5) is 5.69 Å². The van der Waals surface area contributed by atoms with Gasteiger partial charge < -0.3 is 19.5 Å². The molecule has 1 aliphatic heterocycles. The van der Waals surface area contributed by atoms with Crippen molar-refractivity contribution in [2.24, 2.45) is 0 Å². The smallest absolute Gasteiger partial charge is 0.226 e. The summed E-state index contributed by atoms with van der Waals surface area (Å²) in [5, 5.41) is 3.69. The number of ether oxygens (including phenoxy) is 1. The average molecular weight is 410 g/mol. The monoisotopic (exact) mass is 409 g/mol. The van der Waals surface area contributed by atoms with Gasteiger partial charge in [0.1, 0.15) is 0 Å². The van der Waals surface area contributed by atoms with Gasteiger partial charge in [-0.15, -0.1) is 0 Å². The van der Waals surface area contributed by atoms with Gasteiger partial charge in [-0.2, -0.15) is 0 Å². The van der Waals surface area contributed by atoms with Gasteiger partial charge in [0.2, 0.25) is 5.91 Å². The van der Waals surface area contributed by atoms with Crippen molar-refractivity contribution in [1.82, 2.24) is 9.88 Å². The molecule has 5 nitrogen and oxygen atoms in total. The largest absolute Gasteiger partial charge is 0.378 e. The molecule has 1 saturated heterocycles. The second-order valence-corrected chi connectivity index (χ2v) is 7.51. The Bertz CT molecular complexity index is 962. The van der Waals surface area contributed by atoms with Gasteiger partial charge in [-0.05, 0) is 48.0 Å². The van der Waals surface area contributed by atoms with E-state index in [-0.39, 0.29) is 5.91 Å². The Kier molecular flexibility index (Phi) is 6.17. The molecule has 1 fully saturated rings. The number of morpholine rings is 1. The summed E-state index contributed by atoms with van der Waals surface area (Å²) in [5.41, 5.74) is 4.15. The van der Waals surface area contributed by atoms with E-state index in [9.17, 15) is 4.79 Å². The normalized spacial score (nSPS) is 14.0. The van der Waals surface area contributed by atoms with E-state index in [1.165, 1.54) is 5.69 Å². The minimum Gasteiger partial charge on any atom is -0.378 e. The molecule has 0 spiro atoms. The summed E-state index contributed by atoms with van der Waals surface area (Å²) in [6, 6.07) is 19.9. The summed E-state index contributed by atoms with van der Waals surface area (Å²) in [6.45, 7) is 3.90. The van der Waals surface area contributed by atoms with E-state index < -0.39 is 0 Å². The van der Waals surface area contributed by atoms with Gasteiger partial charge >= 0.3 is 0 Å². The molecule has 150 valence electrons. The molecule has 3 aromatic rings. The number of aromatic nitrogens is 1. The zero-order valence-corrected chi connectivity index (χ0v) is 16.9. The molecule has 0 saturated carbocycles. The number of rotatable bonds is 6. The van der Waals surface area contributed by atoms with Gasteiger partial charge in [0.05, 0.1) is 19.6 Å². The van der Waals surface area contributed by atoms with Crippen molar-refractivity contribution >= 4 is 23.2 Å². The lowest BCUT2D eigenvalue weighted by Gasteiger charge is -2.28. The summed E-state index contributed by atoms with van der Waals surface area (Å²) in [6.07, 6.45) is 2.25. The van der Waals surface area contributed by atoms with Crippen LogP contribution < -0.4 is 10.2 Å². The predicted octanol–water partition coefficient (Wildman–Crippen LogP) is 3.83. The summed E-state index contributed by atoms with van der Waals surface area (Å²) < 4.78 is 7.39. The van der Waals surface area contributed by atoms with E-state index in [4.69, 9.17) is 16.3 Å². The molecule has 29 heavy (non-hydrogen) atoms. The highest BCUT2D eigenvalue weighted by molar-refractivity contribution is 6.30. The Morgan fingerprint density at radius 1 is 1.00 bits per heavy atom. The van der Waals surface area contributed by atoms with Crippen LogP contribution in [0.2, 0.25) is 5.02 Å². The van der Waals surface area contributed by atoms with Crippen LogP contribution in [0.25, 0.3) is 5.69 Å². The van der Waals surface area contributed by atoms with Crippen LogP contribution in [0, 0.1) is 0 Å². The van der Waals surface area contributed by atoms with Crippen molar-refractivity contribution in [2.75, 3.05) is 31.2 Å². The van der Waals surface area contributed by atoms with Gasteiger partial charge in [-0.25, -0.2) is 0 Å². The molecule has 4 rings (SSSR count). The highest BCUT2D eigenvalue weighted by Gasteiger charge is 2.12. The standard InChI is InChI=1S/C23H24ClN3O2/c24-19-3-1-4-21(15-19)27-10-2-5-22(27)16-23(28)25-17-18-6-8-20(9-7-18)26-11-13-29-14-12-26/h1-10,15H,11-14,16-17H2,(H,25,28). The van der Waals surface area contributed by atoms with Gasteiger partial charge in [0.15, 0.2) is 0 Å². The van der Waals surface area contributed by atoms with E-state index in [0.29, 0.717) is 18.0 Å². The molecular formula is C23H24ClN3O2. The van der Waals surface area contributed by atoms with Gasteiger partial charge in [0, 0.05) is 47.9 Å². The first-order valence-corrected chi connectivity index (χ1v) is 10.2. The van der Waals surface area contributed by atoms with E-state index in [1.54, 1.807) is 0 Å². The molecule has 1 aromatic heterocycles. The van der Waals surface area contributed by atoms with E-state index in [0.717, 1.165) is 43.2 Å². The fourth-order valence-electron chi connectivity index (χ4n) is 3.51. The number of halogens is 1. The number of anilines is 1. The number of carbonyl (C=O) groups excluding carboxylic acids is 1. The molecule has 2 heterocycles. The maximum absolute atomic E-state index is 12.5. The first-order chi connectivity index (χ1) is 14.2. The van der Waals surface area contributed by atoms with Gasteiger partial charge in [-0.1, -0.05) is 29.8 Å². The Balaban J connectivity index is 1.33. The highest BCUT2D eigenvalue weighted by atomic mass is 35.5. The third-order valence-corrected chi connectivity index (χ3v) is 5.30. The summed E-state index contributed by atoms with van der Waals surface area (Å²) in [7, 11) is 0. The molecule has 2 aromatic carbocycles. The Morgan fingerprint density at radius 2 is 1.79 bits per heavy atom. The lowest BCUT2D eigenvalue weighted by molar-refractivity contribution is -0.120. The number of benzene rings is 2. The van der Waals surface area contributed by atoms with Crippen LogP contribution in [-0.4, -0.2) is 36.8 Å². The molecule has 1 aliphatic rings. The topological polar surface area (TPSA) is 46.5 Å². The quantitative estimate of drug-likeness (QED) is 0.673. The molecule has 1 N–H and O–H groups in total. The first kappa shape index (κ1) is 19.6. The number of nitrogens with zero attached hydrogens (tertiary/aromatic N) is 2. The van der Waals surface area contributed by atoms with Crippen LogP contribution in [0.15, 0.2) is 66.9 Å². The first-order valence-electron chi connectivity index (χ1n) is 9.79. The van der Waals surface area contributed by atoms with Crippen molar-refractivity contribution in [3.05, 3.63) is 83.1 Å². The van der Waals surface area contributed by atoms with Crippen molar-refractivity contribution in [2.45, 2.75) is 13.0 Å². The maximum atomic E-state index is 12.5. The Labute approximate surface area is 175 Å². The molecule has 0 atom stereocenters. The molecule has 0 radical (unpaired) electrons. The lowest BCUT2D eigenvalue weighted by atomic mass is 10.2. The van der Waals surface area contributed by atoms with Crippen LogP contribution in [-0.2, 0) is 22.5 Å². The van der Waals surface area contributed by atoms with Crippen LogP contribution in [0.3, 0.4) is 0 Å². The van der Waals surface area contributed by atoms with E-state index in [2.05, 4.69) is 34.5 Å². The summed E-state index contributed by atoms with van der Waals surface area (Å²) >= 11 is 6.10. The zero-order valence-electron chi connectivity index (χ0n) is 16.2. The number of carbonyl (C=O) groups is 1. The molecule has 0 unspecified atom stereocenters. The van der Waals surface area contributed by atoms with Crippen molar-refractivity contribution in [3.8, 4) is 5.69 Å². The zero-order chi connectivity index (χ0) is 20.1. The van der Waals surface area contributed by atoms with E-state index in [1.807, 2.05) is 47.2 Å². The SMILES string of the molecule is O=C(Cc1cccn1-c1cccc(Cl)c1)NCc1ccc(N2CCOCC2)cc1. The number of nitrogens with one attached hydrogen (secondary N) is 1. The fraction of sp³-hybridized carbons (Fsp3) is 0.261. The molecule has 6 heteroatoms. The average Bonchev–Trinajstić information content (AvgIpc) is 3.21. The lowest BCUT2D eigenvalue weighted by Crippen LogP contribution is -2.36. The third-order valence-electron chi connectivity index (χ3n) is 5.06. The highest BCUT2D eigenvalue weighted by Crippen LogP contribution is 2.18. The minimum atomic E-state index is -0.00997. The van der Waals surface area contributed by atoms with Crippen LogP contribution in [0.5, 0.6) is 0 Å². The van der Waals surface area contributed by atoms with Crippen LogP contribution >= 0.6 is 11.6 Å². The number of amides is 1. The predicted molar refractivity (Wildman–Crippen MR) is 116 cm³/mol. The molecule has 1 amide bonds. The van der Waals surface area contributed by atoms with Gasteiger partial charge in [0.25, 0.3) is 0 Å². The summed E-state index contributed by atoms with van der Waals surface area (Å²) in [5.74, 6) is -0.00997. The third kappa shape index (κ3) is 5.00. The molecule has 0 bridgehead atoms. The number of hydrogen-bond acceptors (Lipinski definition) is 3. The second kappa shape index (κ2) is 9.16. The van der Waals surface area contributed by atoms with Gasteiger partial charge in [-0.3, -0.25) is 4.79 Å². The maximum Gasteiger partial charge on any atom is 0.226 e. The van der Waals surface area contributed by atoms with E-state index >= 15 is 0 Å². The van der Waals surface area contributed by atoms with Crippen molar-refractivity contribution < 1.29 is 9.53 Å². The van der Waals surface area contributed by atoms with Crippen LogP contribution in [0.1, 0.15) is 11.3 Å². The van der Waals surface area contributed by atoms with Crippen molar-refractivity contribution in [1.29, 1.82) is 0 Å². The summed E-state index contributed by atoms with van der Waals surface area (Å²) in [4.78, 5) is 14.8. The Hall–Kier alpha value is -2.76.